The summed E-state index contributed by atoms with van der Waals surface area (Å²) in [4.78, 5) is 23.7. The number of aryl methyl sites for hydroxylation is 3. The van der Waals surface area contributed by atoms with E-state index in [1.807, 2.05) is 24.1 Å². The second-order valence-electron chi connectivity index (χ2n) is 5.48. The molecule has 2 heterocycles. The number of pyridine rings is 1. The van der Waals surface area contributed by atoms with Crippen molar-refractivity contribution in [2.75, 3.05) is 0 Å². The molecule has 110 valence electrons. The number of nitrogens with zero attached hydrogens (tertiary/aromatic N) is 3. The summed E-state index contributed by atoms with van der Waals surface area (Å²) in [5.74, 6) is 0. The van der Waals surface area contributed by atoms with Crippen LogP contribution in [0.1, 0.15) is 45.7 Å². The minimum absolute atomic E-state index is 0.0805. The Kier molecular flexibility index (Phi) is 4.01. The molecule has 4 nitrogen and oxygen atoms in total. The Bertz CT molecular complexity index is 633. The zero-order chi connectivity index (χ0) is 14.8. The van der Waals surface area contributed by atoms with Gasteiger partial charge in [-0.2, -0.15) is 0 Å². The first-order valence-electron chi connectivity index (χ1n) is 7.26. The van der Waals surface area contributed by atoms with Crippen LogP contribution in [0.4, 0.5) is 0 Å². The van der Waals surface area contributed by atoms with Gasteiger partial charge in [-0.25, -0.2) is 4.98 Å². The van der Waals surface area contributed by atoms with Crippen LogP contribution in [0, 0.1) is 13.8 Å². The molecule has 0 saturated carbocycles. The summed E-state index contributed by atoms with van der Waals surface area (Å²) in [5, 5.41) is 1.00. The molecule has 2 aromatic heterocycles. The lowest BCUT2D eigenvalue weighted by Crippen LogP contribution is -2.30. The fraction of sp³-hybridized carbons (Fsp3) is 0.438. The van der Waals surface area contributed by atoms with Gasteiger partial charge in [-0.05, 0) is 44.7 Å². The Morgan fingerprint density at radius 3 is 3.05 bits per heavy atom. The van der Waals surface area contributed by atoms with Gasteiger partial charge in [0.05, 0.1) is 24.0 Å². The number of amides is 1. The molecular weight excluding hydrogens is 282 g/mol. The molecule has 1 aliphatic rings. The molecule has 1 unspecified atom stereocenters. The highest BCUT2D eigenvalue weighted by Gasteiger charge is 2.27. The van der Waals surface area contributed by atoms with E-state index in [4.69, 9.17) is 0 Å². The van der Waals surface area contributed by atoms with Crippen molar-refractivity contribution in [3.8, 4) is 0 Å². The van der Waals surface area contributed by atoms with Crippen LogP contribution >= 0.6 is 11.3 Å². The van der Waals surface area contributed by atoms with Gasteiger partial charge in [0.15, 0.2) is 0 Å². The van der Waals surface area contributed by atoms with Gasteiger partial charge in [0, 0.05) is 11.1 Å². The molecular formula is C16H19N3OS. The highest BCUT2D eigenvalue weighted by atomic mass is 32.1. The normalized spacial score (nSPS) is 17.3. The number of carbonyl (C=O) groups excluding carboxylic acids is 1. The number of aromatic nitrogens is 2. The van der Waals surface area contributed by atoms with E-state index in [1.165, 1.54) is 10.4 Å². The molecule has 2 aromatic rings. The van der Waals surface area contributed by atoms with Crippen LogP contribution in [0.25, 0.3) is 0 Å². The highest BCUT2D eigenvalue weighted by Crippen LogP contribution is 2.33. The first-order valence-corrected chi connectivity index (χ1v) is 8.08. The van der Waals surface area contributed by atoms with Crippen molar-refractivity contribution in [2.45, 2.75) is 45.7 Å². The van der Waals surface area contributed by atoms with Crippen LogP contribution in [-0.4, -0.2) is 21.3 Å². The van der Waals surface area contributed by atoms with Crippen LogP contribution in [0.2, 0.25) is 0 Å². The molecule has 1 amide bonds. The Morgan fingerprint density at radius 1 is 1.48 bits per heavy atom. The Labute approximate surface area is 128 Å². The van der Waals surface area contributed by atoms with E-state index in [0.717, 1.165) is 42.1 Å². The summed E-state index contributed by atoms with van der Waals surface area (Å²) >= 11 is 1.67. The maximum Gasteiger partial charge on any atom is 0.210 e. The van der Waals surface area contributed by atoms with Gasteiger partial charge in [0.1, 0.15) is 5.01 Å². The maximum absolute atomic E-state index is 11.6. The monoisotopic (exact) mass is 301 g/mol. The SMILES string of the molecule is Cc1nc(CN(C=O)C2CCCc3cccnc32)sc1C. The molecule has 0 radical (unpaired) electrons. The van der Waals surface area contributed by atoms with Gasteiger partial charge in [-0.1, -0.05) is 6.07 Å². The Morgan fingerprint density at radius 2 is 2.33 bits per heavy atom. The number of carbonyl (C=O) groups is 1. The van der Waals surface area contributed by atoms with Gasteiger partial charge in [-0.3, -0.25) is 9.78 Å². The van der Waals surface area contributed by atoms with Crippen LogP contribution in [0.5, 0.6) is 0 Å². The van der Waals surface area contributed by atoms with E-state index in [-0.39, 0.29) is 6.04 Å². The molecule has 3 rings (SSSR count). The topological polar surface area (TPSA) is 46.1 Å². The minimum atomic E-state index is 0.0805. The standard InChI is InChI=1S/C16H19N3OS/c1-11-12(2)21-15(18-11)9-19(10-20)14-7-3-5-13-6-4-8-17-16(13)14/h4,6,8,10,14H,3,5,7,9H2,1-2H3. The van der Waals surface area contributed by atoms with E-state index < -0.39 is 0 Å². The van der Waals surface area contributed by atoms with Gasteiger partial charge in [0.25, 0.3) is 0 Å². The van der Waals surface area contributed by atoms with Gasteiger partial charge in [-0.15, -0.1) is 11.3 Å². The third-order valence-electron chi connectivity index (χ3n) is 4.09. The van der Waals surface area contributed by atoms with Crippen molar-refractivity contribution in [1.29, 1.82) is 0 Å². The third-order valence-corrected chi connectivity index (χ3v) is 5.15. The van der Waals surface area contributed by atoms with E-state index in [2.05, 4.69) is 23.0 Å². The zero-order valence-electron chi connectivity index (χ0n) is 12.4. The summed E-state index contributed by atoms with van der Waals surface area (Å²) in [6.07, 6.45) is 5.90. The first kappa shape index (κ1) is 14.2. The van der Waals surface area contributed by atoms with Crippen molar-refractivity contribution >= 4 is 17.7 Å². The van der Waals surface area contributed by atoms with Crippen LogP contribution in [-0.2, 0) is 17.8 Å². The smallest absolute Gasteiger partial charge is 0.210 e. The average molecular weight is 301 g/mol. The second kappa shape index (κ2) is 5.93. The van der Waals surface area contributed by atoms with Gasteiger partial charge < -0.3 is 4.90 Å². The number of hydrogen-bond acceptors (Lipinski definition) is 4. The first-order chi connectivity index (χ1) is 10.2. The molecule has 1 aliphatic carbocycles. The van der Waals surface area contributed by atoms with Crippen LogP contribution in [0.15, 0.2) is 18.3 Å². The molecule has 0 aromatic carbocycles. The van der Waals surface area contributed by atoms with Crippen LogP contribution in [0.3, 0.4) is 0 Å². The summed E-state index contributed by atoms with van der Waals surface area (Å²) in [7, 11) is 0. The van der Waals surface area contributed by atoms with E-state index in [0.29, 0.717) is 6.54 Å². The van der Waals surface area contributed by atoms with Gasteiger partial charge >= 0.3 is 0 Å². The summed E-state index contributed by atoms with van der Waals surface area (Å²) in [5.41, 5.74) is 3.39. The fourth-order valence-corrected chi connectivity index (χ4v) is 3.83. The third kappa shape index (κ3) is 2.83. The average Bonchev–Trinajstić information content (AvgIpc) is 2.82. The van der Waals surface area contributed by atoms with E-state index in [1.54, 1.807) is 11.3 Å². The molecule has 0 saturated heterocycles. The summed E-state index contributed by atoms with van der Waals surface area (Å²) < 4.78 is 0. The molecule has 21 heavy (non-hydrogen) atoms. The summed E-state index contributed by atoms with van der Waals surface area (Å²) in [6.45, 7) is 4.65. The van der Waals surface area contributed by atoms with Crippen LogP contribution < -0.4 is 0 Å². The van der Waals surface area contributed by atoms with Gasteiger partial charge in [0.2, 0.25) is 6.41 Å². The molecule has 0 bridgehead atoms. The second-order valence-corrected chi connectivity index (χ2v) is 6.77. The predicted molar refractivity (Wildman–Crippen MR) is 83.1 cm³/mol. The number of fused-ring (bicyclic) bond motifs is 1. The lowest BCUT2D eigenvalue weighted by molar-refractivity contribution is -0.121. The highest BCUT2D eigenvalue weighted by molar-refractivity contribution is 7.11. The molecule has 0 spiro atoms. The van der Waals surface area contributed by atoms with Crippen molar-refractivity contribution in [3.05, 3.63) is 45.2 Å². The fourth-order valence-electron chi connectivity index (χ4n) is 2.89. The lowest BCUT2D eigenvalue weighted by Gasteiger charge is -2.31. The van der Waals surface area contributed by atoms with Crippen molar-refractivity contribution in [3.63, 3.8) is 0 Å². The van der Waals surface area contributed by atoms with E-state index in [9.17, 15) is 4.79 Å². The Balaban J connectivity index is 1.85. The zero-order valence-corrected chi connectivity index (χ0v) is 13.2. The van der Waals surface area contributed by atoms with Crippen molar-refractivity contribution < 1.29 is 4.79 Å². The molecule has 0 N–H and O–H groups in total. The molecule has 5 heteroatoms. The quantitative estimate of drug-likeness (QED) is 0.815. The molecule has 1 atom stereocenters. The van der Waals surface area contributed by atoms with Crippen molar-refractivity contribution in [1.82, 2.24) is 14.9 Å². The largest absolute Gasteiger partial charge is 0.330 e. The molecule has 0 fully saturated rings. The number of thiazole rings is 1. The summed E-state index contributed by atoms with van der Waals surface area (Å²) in [6, 6.07) is 4.17. The molecule has 0 aliphatic heterocycles. The maximum atomic E-state index is 11.6. The Hall–Kier alpha value is -1.75. The predicted octanol–water partition coefficient (Wildman–Crippen LogP) is 3.19. The van der Waals surface area contributed by atoms with E-state index >= 15 is 0 Å². The van der Waals surface area contributed by atoms with Crippen molar-refractivity contribution in [2.24, 2.45) is 0 Å². The minimum Gasteiger partial charge on any atom is -0.330 e. The lowest BCUT2D eigenvalue weighted by atomic mass is 9.91. The number of rotatable bonds is 4. The number of hydrogen-bond donors (Lipinski definition) is 0.